The lowest BCUT2D eigenvalue weighted by atomic mass is 10.0. The quantitative estimate of drug-likeness (QED) is 0.774. The van der Waals surface area contributed by atoms with Crippen LogP contribution in [-0.2, 0) is 9.59 Å². The third-order valence-corrected chi connectivity index (χ3v) is 2.94. The molecule has 1 aliphatic heterocycles. The van der Waals surface area contributed by atoms with Crippen LogP contribution in [0.5, 0.6) is 5.75 Å². The Kier molecular flexibility index (Phi) is 4.24. The van der Waals surface area contributed by atoms with Gasteiger partial charge in [-0.3, -0.25) is 9.59 Å². The smallest absolute Gasteiger partial charge is 0.262 e. The highest BCUT2D eigenvalue weighted by atomic mass is 16.5. The van der Waals surface area contributed by atoms with Crippen molar-refractivity contribution < 1.29 is 14.3 Å². The lowest BCUT2D eigenvalue weighted by Gasteiger charge is -2.19. The second-order valence-electron chi connectivity index (χ2n) is 5.27. The molecule has 0 fully saturated rings. The Bertz CT molecular complexity index is 528. The van der Waals surface area contributed by atoms with Crippen molar-refractivity contribution >= 4 is 23.2 Å². The van der Waals surface area contributed by atoms with Crippen LogP contribution in [0.25, 0.3) is 0 Å². The molecule has 108 valence electrons. The van der Waals surface area contributed by atoms with Gasteiger partial charge in [0.1, 0.15) is 5.75 Å². The van der Waals surface area contributed by atoms with Crippen LogP contribution in [0.2, 0.25) is 0 Å². The fraction of sp³-hybridized carbons (Fsp3) is 0.429. The average Bonchev–Trinajstić information content (AvgIpc) is 2.38. The van der Waals surface area contributed by atoms with E-state index >= 15 is 0 Å². The molecule has 0 saturated heterocycles. The minimum atomic E-state index is -0.536. The van der Waals surface area contributed by atoms with Crippen LogP contribution < -0.4 is 21.1 Å². The lowest BCUT2D eigenvalue weighted by molar-refractivity contribution is -0.119. The molecular weight excluding hydrogens is 258 g/mol. The van der Waals surface area contributed by atoms with E-state index in [2.05, 4.69) is 10.6 Å². The molecule has 2 rings (SSSR count). The molecule has 1 aliphatic rings. The second kappa shape index (κ2) is 5.92. The fourth-order valence-corrected chi connectivity index (χ4v) is 2.00. The summed E-state index contributed by atoms with van der Waals surface area (Å²) in [5.41, 5.74) is 7.03. The number of rotatable bonds is 4. The van der Waals surface area contributed by atoms with E-state index in [1.807, 2.05) is 13.8 Å². The Labute approximate surface area is 117 Å². The number of hydrogen-bond acceptors (Lipinski definition) is 4. The molecule has 0 aliphatic carbocycles. The summed E-state index contributed by atoms with van der Waals surface area (Å²) >= 11 is 0. The van der Waals surface area contributed by atoms with Crippen LogP contribution in [0.15, 0.2) is 18.2 Å². The van der Waals surface area contributed by atoms with E-state index in [1.165, 1.54) is 0 Å². The van der Waals surface area contributed by atoms with E-state index in [1.54, 1.807) is 18.2 Å². The Balaban J connectivity index is 2.03. The number of fused-ring (bicyclic) bond motifs is 1. The predicted octanol–water partition coefficient (Wildman–Crippen LogP) is 1.33. The van der Waals surface area contributed by atoms with Crippen molar-refractivity contribution in [3.63, 3.8) is 0 Å². The van der Waals surface area contributed by atoms with Crippen LogP contribution in [0.4, 0.5) is 11.4 Å². The number of hydrogen-bond donors (Lipinski definition) is 3. The molecule has 1 aromatic carbocycles. The third kappa shape index (κ3) is 3.48. The Morgan fingerprint density at radius 2 is 2.25 bits per heavy atom. The molecule has 6 nitrogen and oxygen atoms in total. The first-order valence-electron chi connectivity index (χ1n) is 6.59. The van der Waals surface area contributed by atoms with Crippen LogP contribution in [0.3, 0.4) is 0 Å². The molecule has 0 unspecified atom stereocenters. The van der Waals surface area contributed by atoms with Crippen molar-refractivity contribution in [3.05, 3.63) is 18.2 Å². The first kappa shape index (κ1) is 14.3. The largest absolute Gasteiger partial charge is 0.482 e. The second-order valence-corrected chi connectivity index (χ2v) is 5.27. The molecule has 0 saturated carbocycles. The topological polar surface area (TPSA) is 93.5 Å². The van der Waals surface area contributed by atoms with Gasteiger partial charge in [0, 0.05) is 11.8 Å². The maximum Gasteiger partial charge on any atom is 0.262 e. The zero-order chi connectivity index (χ0) is 14.7. The van der Waals surface area contributed by atoms with Gasteiger partial charge in [-0.15, -0.1) is 0 Å². The molecule has 4 N–H and O–H groups in total. The summed E-state index contributed by atoms with van der Waals surface area (Å²) < 4.78 is 5.29. The summed E-state index contributed by atoms with van der Waals surface area (Å²) in [5, 5.41) is 5.44. The van der Waals surface area contributed by atoms with Gasteiger partial charge in [0.15, 0.2) is 6.61 Å². The summed E-state index contributed by atoms with van der Waals surface area (Å²) in [7, 11) is 0. The van der Waals surface area contributed by atoms with Crippen LogP contribution >= 0.6 is 0 Å². The monoisotopic (exact) mass is 277 g/mol. The first-order valence-corrected chi connectivity index (χ1v) is 6.59. The highest BCUT2D eigenvalue weighted by Gasteiger charge is 2.18. The Morgan fingerprint density at radius 3 is 2.95 bits per heavy atom. The van der Waals surface area contributed by atoms with Crippen molar-refractivity contribution in [1.82, 2.24) is 0 Å². The van der Waals surface area contributed by atoms with Crippen molar-refractivity contribution in [2.75, 3.05) is 17.2 Å². The Morgan fingerprint density at radius 1 is 1.50 bits per heavy atom. The summed E-state index contributed by atoms with van der Waals surface area (Å²) in [6, 6.07) is 4.53. The van der Waals surface area contributed by atoms with Gasteiger partial charge in [0.25, 0.3) is 5.91 Å². The van der Waals surface area contributed by atoms with Crippen LogP contribution in [0, 0.1) is 5.92 Å². The zero-order valence-corrected chi connectivity index (χ0v) is 11.6. The van der Waals surface area contributed by atoms with Crippen molar-refractivity contribution in [1.29, 1.82) is 0 Å². The first-order chi connectivity index (χ1) is 9.45. The van der Waals surface area contributed by atoms with Gasteiger partial charge < -0.3 is 21.1 Å². The molecule has 0 radical (unpaired) electrons. The van der Waals surface area contributed by atoms with Crippen molar-refractivity contribution in [2.45, 2.75) is 26.3 Å². The van der Waals surface area contributed by atoms with Gasteiger partial charge in [-0.25, -0.2) is 0 Å². The predicted molar refractivity (Wildman–Crippen MR) is 76.6 cm³/mol. The normalized spacial score (nSPS) is 15.1. The summed E-state index contributed by atoms with van der Waals surface area (Å²) in [5.74, 6) is 0.490. The third-order valence-electron chi connectivity index (χ3n) is 2.94. The van der Waals surface area contributed by atoms with Crippen LogP contribution in [-0.4, -0.2) is 24.5 Å². The maximum absolute atomic E-state index is 11.9. The number of nitrogens with one attached hydrogen (secondary N) is 2. The van der Waals surface area contributed by atoms with Crippen LogP contribution in [0.1, 0.15) is 20.3 Å². The van der Waals surface area contributed by atoms with E-state index in [0.29, 0.717) is 29.5 Å². The molecular formula is C14H19N3O3. The molecule has 1 atom stereocenters. The number of ether oxygens (including phenoxy) is 1. The van der Waals surface area contributed by atoms with Gasteiger partial charge >= 0.3 is 0 Å². The molecule has 1 heterocycles. The van der Waals surface area contributed by atoms with Gasteiger partial charge in [0.05, 0.1) is 11.7 Å². The standard InChI is InChI=1S/C14H19N3O3/c1-8(2)5-10(15)14(19)16-9-3-4-11-12(6-9)20-7-13(18)17-11/h3-4,6,8,10H,5,7,15H2,1-2H3,(H,16,19)(H,17,18)/t10-/m0/s1. The average molecular weight is 277 g/mol. The number of benzene rings is 1. The molecule has 1 aromatic rings. The SMILES string of the molecule is CC(C)C[C@H](N)C(=O)Nc1ccc2c(c1)OCC(=O)N2. The van der Waals surface area contributed by atoms with E-state index in [0.717, 1.165) is 0 Å². The number of anilines is 2. The number of nitrogens with two attached hydrogens (primary N) is 1. The Hall–Kier alpha value is -2.08. The zero-order valence-electron chi connectivity index (χ0n) is 11.6. The van der Waals surface area contributed by atoms with Gasteiger partial charge in [-0.2, -0.15) is 0 Å². The van der Waals surface area contributed by atoms with E-state index < -0.39 is 6.04 Å². The number of carbonyl (C=O) groups excluding carboxylic acids is 2. The molecule has 0 bridgehead atoms. The van der Waals surface area contributed by atoms with Crippen molar-refractivity contribution in [3.8, 4) is 5.75 Å². The minimum absolute atomic E-state index is 0.0166. The van der Waals surface area contributed by atoms with Gasteiger partial charge in [-0.1, -0.05) is 13.8 Å². The molecule has 20 heavy (non-hydrogen) atoms. The minimum Gasteiger partial charge on any atom is -0.482 e. The maximum atomic E-state index is 11.9. The van der Waals surface area contributed by atoms with Gasteiger partial charge in [0.2, 0.25) is 5.91 Å². The fourth-order valence-electron chi connectivity index (χ4n) is 2.00. The van der Waals surface area contributed by atoms with Crippen molar-refractivity contribution in [2.24, 2.45) is 11.7 Å². The molecule has 0 aromatic heterocycles. The highest BCUT2D eigenvalue weighted by molar-refractivity contribution is 5.98. The van der Waals surface area contributed by atoms with E-state index in [-0.39, 0.29) is 18.4 Å². The van der Waals surface area contributed by atoms with E-state index in [4.69, 9.17) is 10.5 Å². The summed E-state index contributed by atoms with van der Waals surface area (Å²) in [4.78, 5) is 23.1. The highest BCUT2D eigenvalue weighted by Crippen LogP contribution is 2.30. The summed E-state index contributed by atoms with van der Waals surface area (Å²) in [6.45, 7) is 4.02. The van der Waals surface area contributed by atoms with Gasteiger partial charge in [-0.05, 0) is 24.5 Å². The lowest BCUT2D eigenvalue weighted by Crippen LogP contribution is -2.36. The molecule has 0 spiro atoms. The van der Waals surface area contributed by atoms with E-state index in [9.17, 15) is 9.59 Å². The summed E-state index contributed by atoms with van der Waals surface area (Å²) in [6.07, 6.45) is 0.628. The molecule has 6 heteroatoms. The number of amides is 2. The number of carbonyl (C=O) groups is 2. The molecule has 2 amide bonds.